The molecule has 1 heterocycles. The summed E-state index contributed by atoms with van der Waals surface area (Å²) in [6.45, 7) is 0.727. The third-order valence-electron chi connectivity index (χ3n) is 3.28. The van der Waals surface area contributed by atoms with Gasteiger partial charge in [-0.25, -0.2) is 8.78 Å². The summed E-state index contributed by atoms with van der Waals surface area (Å²) in [5, 5.41) is -0.0477. The van der Waals surface area contributed by atoms with E-state index in [4.69, 9.17) is 16.3 Å². The van der Waals surface area contributed by atoms with Gasteiger partial charge in [-0.2, -0.15) is 0 Å². The maximum absolute atomic E-state index is 13.1. The molecule has 0 bridgehead atoms. The van der Waals surface area contributed by atoms with Gasteiger partial charge in [0.1, 0.15) is 0 Å². The van der Waals surface area contributed by atoms with E-state index >= 15 is 0 Å². The molecule has 1 fully saturated rings. The van der Waals surface area contributed by atoms with E-state index in [0.29, 0.717) is 6.42 Å². The topological polar surface area (TPSA) is 26.3 Å². The number of ketones is 1. The lowest BCUT2D eigenvalue weighted by atomic mass is 10.00. The van der Waals surface area contributed by atoms with Crippen LogP contribution in [0.3, 0.4) is 0 Å². The molecule has 0 radical (unpaired) electrons. The first-order chi connectivity index (χ1) is 9.08. The van der Waals surface area contributed by atoms with Crippen molar-refractivity contribution in [2.45, 2.75) is 38.2 Å². The Labute approximate surface area is 115 Å². The van der Waals surface area contributed by atoms with Crippen molar-refractivity contribution < 1.29 is 18.3 Å². The van der Waals surface area contributed by atoms with Crippen molar-refractivity contribution >= 4 is 17.4 Å². The molecule has 104 valence electrons. The van der Waals surface area contributed by atoms with Gasteiger partial charge < -0.3 is 4.74 Å². The van der Waals surface area contributed by atoms with Gasteiger partial charge in [0, 0.05) is 18.6 Å². The fourth-order valence-corrected chi connectivity index (χ4v) is 2.45. The van der Waals surface area contributed by atoms with Gasteiger partial charge in [-0.15, -0.1) is 0 Å². The van der Waals surface area contributed by atoms with Crippen molar-refractivity contribution in [1.82, 2.24) is 0 Å². The van der Waals surface area contributed by atoms with Crippen molar-refractivity contribution in [2.75, 3.05) is 6.61 Å². The number of ether oxygens (including phenoxy) is 1. The molecule has 0 aliphatic carbocycles. The summed E-state index contributed by atoms with van der Waals surface area (Å²) < 4.78 is 31.5. The first-order valence-electron chi connectivity index (χ1n) is 6.37. The maximum atomic E-state index is 13.1. The predicted molar refractivity (Wildman–Crippen MR) is 68.5 cm³/mol. The minimum Gasteiger partial charge on any atom is -0.378 e. The molecular formula is C14H15ClF2O2. The number of Topliss-reactive ketones (excluding diaryl/α,β-unsaturated/α-hetero) is 1. The Balaban J connectivity index is 1.97. The predicted octanol–water partition coefficient (Wildman–Crippen LogP) is 4.15. The number of benzene rings is 1. The van der Waals surface area contributed by atoms with Crippen LogP contribution in [0.1, 0.15) is 42.5 Å². The standard InChI is InChI=1S/C14H15ClF2O2/c15-11-8-13(17)12(16)7-10(11)14(18)5-4-9-3-1-2-6-19-9/h7-9H,1-6H2. The third-order valence-corrected chi connectivity index (χ3v) is 3.59. The summed E-state index contributed by atoms with van der Waals surface area (Å²) in [6, 6.07) is 1.70. The fraction of sp³-hybridized carbons (Fsp3) is 0.500. The molecule has 2 nitrogen and oxygen atoms in total. The average Bonchev–Trinajstić information content (AvgIpc) is 2.41. The van der Waals surface area contributed by atoms with Gasteiger partial charge in [0.15, 0.2) is 17.4 Å². The summed E-state index contributed by atoms with van der Waals surface area (Å²) in [7, 11) is 0. The fourth-order valence-electron chi connectivity index (χ4n) is 2.20. The molecule has 5 heteroatoms. The number of hydrogen-bond acceptors (Lipinski definition) is 2. The number of rotatable bonds is 4. The van der Waals surface area contributed by atoms with Crippen LogP contribution in [0.4, 0.5) is 8.78 Å². The maximum Gasteiger partial charge on any atom is 0.164 e. The Morgan fingerprint density at radius 1 is 1.32 bits per heavy atom. The van der Waals surface area contributed by atoms with E-state index in [1.165, 1.54) is 0 Å². The van der Waals surface area contributed by atoms with Gasteiger partial charge in [-0.05, 0) is 37.8 Å². The lowest BCUT2D eigenvalue weighted by Crippen LogP contribution is -2.20. The molecule has 1 aromatic carbocycles. The van der Waals surface area contributed by atoms with E-state index in [9.17, 15) is 13.6 Å². The molecule has 0 aromatic heterocycles. The largest absolute Gasteiger partial charge is 0.378 e. The Morgan fingerprint density at radius 2 is 2.05 bits per heavy atom. The summed E-state index contributed by atoms with van der Waals surface area (Å²) >= 11 is 5.76. The van der Waals surface area contributed by atoms with Crippen LogP contribution < -0.4 is 0 Å². The van der Waals surface area contributed by atoms with E-state index < -0.39 is 11.6 Å². The van der Waals surface area contributed by atoms with Crippen molar-refractivity contribution in [3.63, 3.8) is 0 Å². The number of carbonyl (C=O) groups is 1. The number of hydrogen-bond donors (Lipinski definition) is 0. The SMILES string of the molecule is O=C(CCC1CCCCO1)c1cc(F)c(F)cc1Cl. The minimum absolute atomic E-state index is 0.0383. The first-order valence-corrected chi connectivity index (χ1v) is 6.75. The lowest BCUT2D eigenvalue weighted by molar-refractivity contribution is 0.0104. The molecule has 1 unspecified atom stereocenters. The highest BCUT2D eigenvalue weighted by Crippen LogP contribution is 2.23. The molecule has 1 aromatic rings. The lowest BCUT2D eigenvalue weighted by Gasteiger charge is -2.22. The van der Waals surface area contributed by atoms with Crippen molar-refractivity contribution in [3.8, 4) is 0 Å². The normalized spacial score (nSPS) is 19.4. The molecule has 1 atom stereocenters. The van der Waals surface area contributed by atoms with Gasteiger partial charge in [0.25, 0.3) is 0 Å². The Hall–Kier alpha value is -1.00. The average molecular weight is 289 g/mol. The first kappa shape index (κ1) is 14.4. The Morgan fingerprint density at radius 3 is 2.74 bits per heavy atom. The number of carbonyl (C=O) groups excluding carboxylic acids is 1. The van der Waals surface area contributed by atoms with Crippen LogP contribution in [0, 0.1) is 11.6 Å². The molecule has 1 saturated heterocycles. The quantitative estimate of drug-likeness (QED) is 0.614. The van der Waals surface area contributed by atoms with Crippen LogP contribution in [0.15, 0.2) is 12.1 Å². The van der Waals surface area contributed by atoms with E-state index in [2.05, 4.69) is 0 Å². The van der Waals surface area contributed by atoms with E-state index in [0.717, 1.165) is 38.0 Å². The molecular weight excluding hydrogens is 274 g/mol. The van der Waals surface area contributed by atoms with Crippen LogP contribution >= 0.6 is 11.6 Å². The minimum atomic E-state index is -1.05. The Kier molecular flexibility index (Phi) is 4.88. The molecule has 1 aliphatic rings. The summed E-state index contributed by atoms with van der Waals surface area (Å²) in [4.78, 5) is 11.9. The molecule has 2 rings (SSSR count). The zero-order chi connectivity index (χ0) is 13.8. The van der Waals surface area contributed by atoms with E-state index in [1.807, 2.05) is 0 Å². The number of halogens is 3. The van der Waals surface area contributed by atoms with Crippen LogP contribution in [-0.2, 0) is 4.74 Å². The van der Waals surface area contributed by atoms with E-state index in [1.54, 1.807) is 0 Å². The zero-order valence-electron chi connectivity index (χ0n) is 10.4. The highest BCUT2D eigenvalue weighted by Gasteiger charge is 2.18. The highest BCUT2D eigenvalue weighted by atomic mass is 35.5. The molecule has 0 N–H and O–H groups in total. The van der Waals surface area contributed by atoms with Gasteiger partial charge in [-0.3, -0.25) is 4.79 Å². The molecule has 1 aliphatic heterocycles. The van der Waals surface area contributed by atoms with Crippen molar-refractivity contribution in [3.05, 3.63) is 34.4 Å². The smallest absolute Gasteiger partial charge is 0.164 e. The van der Waals surface area contributed by atoms with Gasteiger partial charge in [-0.1, -0.05) is 11.6 Å². The molecule has 0 amide bonds. The second-order valence-corrected chi connectivity index (χ2v) is 5.10. The molecule has 19 heavy (non-hydrogen) atoms. The zero-order valence-corrected chi connectivity index (χ0v) is 11.2. The van der Waals surface area contributed by atoms with Crippen molar-refractivity contribution in [1.29, 1.82) is 0 Å². The monoisotopic (exact) mass is 288 g/mol. The van der Waals surface area contributed by atoms with E-state index in [-0.39, 0.29) is 28.9 Å². The highest BCUT2D eigenvalue weighted by molar-refractivity contribution is 6.33. The molecule has 0 saturated carbocycles. The van der Waals surface area contributed by atoms with Crippen LogP contribution in [0.2, 0.25) is 5.02 Å². The molecule has 0 spiro atoms. The van der Waals surface area contributed by atoms with Crippen LogP contribution in [-0.4, -0.2) is 18.5 Å². The van der Waals surface area contributed by atoms with Gasteiger partial charge >= 0.3 is 0 Å². The Bertz CT molecular complexity index is 471. The second kappa shape index (κ2) is 6.44. The van der Waals surface area contributed by atoms with Gasteiger partial charge in [0.05, 0.1) is 11.1 Å². The summed E-state index contributed by atoms with van der Waals surface area (Å²) in [6.07, 6.45) is 4.01. The van der Waals surface area contributed by atoms with Crippen LogP contribution in [0.5, 0.6) is 0 Å². The summed E-state index contributed by atoms with van der Waals surface area (Å²) in [5.41, 5.74) is 0.0383. The second-order valence-electron chi connectivity index (χ2n) is 4.70. The summed E-state index contributed by atoms with van der Waals surface area (Å²) in [5.74, 6) is -2.38. The van der Waals surface area contributed by atoms with Crippen LogP contribution in [0.25, 0.3) is 0 Å². The van der Waals surface area contributed by atoms with Gasteiger partial charge in [0.2, 0.25) is 0 Å². The third kappa shape index (κ3) is 3.74. The van der Waals surface area contributed by atoms with Crippen molar-refractivity contribution in [2.24, 2.45) is 0 Å².